The normalized spacial score (nSPS) is 12.4. The highest BCUT2D eigenvalue weighted by Gasteiger charge is 2.15. The van der Waals surface area contributed by atoms with Gasteiger partial charge in [0.15, 0.2) is 5.65 Å². The topological polar surface area (TPSA) is 68.5 Å². The van der Waals surface area contributed by atoms with Crippen molar-refractivity contribution in [1.82, 2.24) is 14.6 Å². The highest BCUT2D eigenvalue weighted by Crippen LogP contribution is 2.17. The van der Waals surface area contributed by atoms with E-state index in [9.17, 15) is 4.79 Å². The van der Waals surface area contributed by atoms with Crippen molar-refractivity contribution in [2.75, 3.05) is 12.4 Å². The summed E-state index contributed by atoms with van der Waals surface area (Å²) in [6.45, 7) is 1.69. The number of carbonyl (C=O) groups is 1. The van der Waals surface area contributed by atoms with E-state index in [0.717, 1.165) is 4.47 Å². The van der Waals surface area contributed by atoms with Crippen molar-refractivity contribution in [3.63, 3.8) is 0 Å². The van der Waals surface area contributed by atoms with Crippen molar-refractivity contribution in [3.05, 3.63) is 22.8 Å². The number of halogens is 1. The fraction of sp³-hybridized carbons (Fsp3) is 0.300. The maximum absolute atomic E-state index is 11.2. The van der Waals surface area contributed by atoms with Crippen LogP contribution in [0.25, 0.3) is 5.65 Å². The van der Waals surface area contributed by atoms with Gasteiger partial charge in [-0.1, -0.05) is 0 Å². The van der Waals surface area contributed by atoms with Gasteiger partial charge in [-0.3, -0.25) is 0 Å². The third-order valence-electron chi connectivity index (χ3n) is 2.22. The largest absolute Gasteiger partial charge is 0.467 e. The van der Waals surface area contributed by atoms with Crippen LogP contribution in [0.15, 0.2) is 22.8 Å². The summed E-state index contributed by atoms with van der Waals surface area (Å²) in [5, 5.41) is 7.06. The second-order valence-electron chi connectivity index (χ2n) is 3.45. The Bertz CT molecular complexity index is 554. The van der Waals surface area contributed by atoms with Crippen LogP contribution < -0.4 is 5.32 Å². The summed E-state index contributed by atoms with van der Waals surface area (Å²) in [4.78, 5) is 15.5. The van der Waals surface area contributed by atoms with Crippen molar-refractivity contribution < 1.29 is 9.53 Å². The molecule has 7 heteroatoms. The van der Waals surface area contributed by atoms with Crippen LogP contribution in [-0.4, -0.2) is 33.7 Å². The number of carbonyl (C=O) groups excluding carboxylic acids is 1. The molecule has 90 valence electrons. The molecule has 0 saturated heterocycles. The van der Waals surface area contributed by atoms with E-state index in [1.807, 2.05) is 12.1 Å². The Balaban J connectivity index is 2.26. The van der Waals surface area contributed by atoms with Gasteiger partial charge in [-0.25, -0.2) is 9.31 Å². The molecule has 0 aliphatic rings. The summed E-state index contributed by atoms with van der Waals surface area (Å²) in [5.41, 5.74) is 0.687. The molecule has 0 radical (unpaired) electrons. The lowest BCUT2D eigenvalue weighted by atomic mass is 10.3. The van der Waals surface area contributed by atoms with Gasteiger partial charge in [-0.05, 0) is 35.0 Å². The Morgan fingerprint density at radius 1 is 1.65 bits per heavy atom. The fourth-order valence-corrected chi connectivity index (χ4v) is 1.79. The quantitative estimate of drug-likeness (QED) is 0.869. The minimum Gasteiger partial charge on any atom is -0.467 e. The summed E-state index contributed by atoms with van der Waals surface area (Å²) >= 11 is 3.38. The van der Waals surface area contributed by atoms with Crippen LogP contribution in [0.3, 0.4) is 0 Å². The predicted octanol–water partition coefficient (Wildman–Crippen LogP) is 1.47. The van der Waals surface area contributed by atoms with Gasteiger partial charge in [0, 0.05) is 6.20 Å². The van der Waals surface area contributed by atoms with Crippen LogP contribution in [-0.2, 0) is 9.53 Å². The highest BCUT2D eigenvalue weighted by molar-refractivity contribution is 9.10. The lowest BCUT2D eigenvalue weighted by Gasteiger charge is -2.08. The van der Waals surface area contributed by atoms with E-state index in [0.29, 0.717) is 11.6 Å². The molecule has 6 nitrogen and oxygen atoms in total. The van der Waals surface area contributed by atoms with E-state index in [2.05, 4.69) is 36.1 Å². The van der Waals surface area contributed by atoms with E-state index in [1.54, 1.807) is 17.6 Å². The van der Waals surface area contributed by atoms with Crippen LogP contribution in [0.5, 0.6) is 0 Å². The standard InChI is InChI=1S/C10H11BrN4O2/c1-6(9(16)17-2)12-10-13-8-7(11)4-3-5-15(8)14-10/h3-6H,1-2H3,(H,12,14). The predicted molar refractivity (Wildman–Crippen MR) is 65.8 cm³/mol. The average Bonchev–Trinajstić information content (AvgIpc) is 2.72. The number of anilines is 1. The maximum atomic E-state index is 11.2. The zero-order valence-corrected chi connectivity index (χ0v) is 10.9. The number of pyridine rings is 1. The molecule has 1 N–H and O–H groups in total. The monoisotopic (exact) mass is 298 g/mol. The third-order valence-corrected chi connectivity index (χ3v) is 2.83. The molecule has 2 aromatic rings. The number of aromatic nitrogens is 3. The lowest BCUT2D eigenvalue weighted by Crippen LogP contribution is -2.27. The van der Waals surface area contributed by atoms with Gasteiger partial charge in [0.05, 0.1) is 11.6 Å². The van der Waals surface area contributed by atoms with Crippen LogP contribution >= 0.6 is 15.9 Å². The molecule has 0 spiro atoms. The number of ether oxygens (including phenoxy) is 1. The summed E-state index contributed by atoms with van der Waals surface area (Å²) in [7, 11) is 1.34. The van der Waals surface area contributed by atoms with E-state index in [4.69, 9.17) is 0 Å². The van der Waals surface area contributed by atoms with Crippen LogP contribution in [0.1, 0.15) is 6.92 Å². The summed E-state index contributed by atoms with van der Waals surface area (Å²) in [5.74, 6) is 0.0257. The van der Waals surface area contributed by atoms with E-state index in [1.165, 1.54) is 7.11 Å². The number of methoxy groups -OCH3 is 1. The molecule has 0 fully saturated rings. The molecule has 2 rings (SSSR count). The highest BCUT2D eigenvalue weighted by atomic mass is 79.9. The molecular formula is C10H11BrN4O2. The fourth-order valence-electron chi connectivity index (χ4n) is 1.36. The first-order valence-corrected chi connectivity index (χ1v) is 5.76. The number of hydrogen-bond donors (Lipinski definition) is 1. The molecule has 0 aliphatic carbocycles. The van der Waals surface area contributed by atoms with Crippen molar-refractivity contribution in [2.24, 2.45) is 0 Å². The smallest absolute Gasteiger partial charge is 0.328 e. The summed E-state index contributed by atoms with van der Waals surface area (Å²) in [6.07, 6.45) is 1.78. The molecule has 2 aromatic heterocycles. The molecule has 1 atom stereocenters. The molecule has 1 unspecified atom stereocenters. The number of fused-ring (bicyclic) bond motifs is 1. The third kappa shape index (κ3) is 2.38. The van der Waals surface area contributed by atoms with Gasteiger partial charge < -0.3 is 10.1 Å². The lowest BCUT2D eigenvalue weighted by molar-refractivity contribution is -0.141. The van der Waals surface area contributed by atoms with Crippen LogP contribution in [0.2, 0.25) is 0 Å². The summed E-state index contributed by atoms with van der Waals surface area (Å²) < 4.78 is 7.07. The second-order valence-corrected chi connectivity index (χ2v) is 4.30. The first kappa shape index (κ1) is 11.8. The molecule has 2 heterocycles. The van der Waals surface area contributed by atoms with E-state index >= 15 is 0 Å². The molecule has 0 bridgehead atoms. The summed E-state index contributed by atoms with van der Waals surface area (Å²) in [6, 6.07) is 3.23. The zero-order valence-electron chi connectivity index (χ0n) is 9.35. The molecular weight excluding hydrogens is 288 g/mol. The zero-order chi connectivity index (χ0) is 12.4. The Morgan fingerprint density at radius 3 is 3.06 bits per heavy atom. The van der Waals surface area contributed by atoms with Crippen molar-refractivity contribution in [1.29, 1.82) is 0 Å². The van der Waals surface area contributed by atoms with E-state index in [-0.39, 0.29) is 5.97 Å². The average molecular weight is 299 g/mol. The van der Waals surface area contributed by atoms with Crippen LogP contribution in [0.4, 0.5) is 5.95 Å². The van der Waals surface area contributed by atoms with Crippen molar-refractivity contribution >= 4 is 33.5 Å². The Morgan fingerprint density at radius 2 is 2.41 bits per heavy atom. The molecule has 0 saturated carbocycles. The number of nitrogens with one attached hydrogen (secondary N) is 1. The molecule has 17 heavy (non-hydrogen) atoms. The van der Waals surface area contributed by atoms with Gasteiger partial charge >= 0.3 is 5.97 Å². The molecule has 0 amide bonds. The van der Waals surface area contributed by atoms with Gasteiger partial charge in [-0.2, -0.15) is 4.98 Å². The number of esters is 1. The number of nitrogens with zero attached hydrogens (tertiary/aromatic N) is 3. The van der Waals surface area contributed by atoms with Crippen LogP contribution in [0, 0.1) is 0 Å². The van der Waals surface area contributed by atoms with E-state index < -0.39 is 6.04 Å². The minimum absolute atomic E-state index is 0.358. The molecule has 0 aromatic carbocycles. The number of rotatable bonds is 3. The van der Waals surface area contributed by atoms with Crippen molar-refractivity contribution in [3.8, 4) is 0 Å². The maximum Gasteiger partial charge on any atom is 0.328 e. The number of hydrogen-bond acceptors (Lipinski definition) is 5. The Kier molecular flexibility index (Phi) is 3.28. The van der Waals surface area contributed by atoms with Gasteiger partial charge in [-0.15, -0.1) is 5.10 Å². The molecule has 0 aliphatic heterocycles. The SMILES string of the molecule is COC(=O)C(C)Nc1nc2c(Br)cccn2n1. The van der Waals surface area contributed by atoms with Gasteiger partial charge in [0.2, 0.25) is 5.95 Å². The Hall–Kier alpha value is -1.63. The van der Waals surface area contributed by atoms with Gasteiger partial charge in [0.1, 0.15) is 6.04 Å². The first-order chi connectivity index (χ1) is 8.11. The Labute approximate surface area is 106 Å². The van der Waals surface area contributed by atoms with Gasteiger partial charge in [0.25, 0.3) is 0 Å². The van der Waals surface area contributed by atoms with Crippen molar-refractivity contribution in [2.45, 2.75) is 13.0 Å². The first-order valence-electron chi connectivity index (χ1n) is 4.97. The minimum atomic E-state index is -0.490. The second kappa shape index (κ2) is 4.70.